The summed E-state index contributed by atoms with van der Waals surface area (Å²) >= 11 is 0. The number of ether oxygens (including phenoxy) is 2. The van der Waals surface area contributed by atoms with Gasteiger partial charge >= 0.3 is 11.7 Å². The van der Waals surface area contributed by atoms with Crippen LogP contribution in [0, 0.1) is 19.3 Å². The summed E-state index contributed by atoms with van der Waals surface area (Å²) in [5.74, 6) is -1.20. The summed E-state index contributed by atoms with van der Waals surface area (Å²) in [6.07, 6.45) is 8.31. The van der Waals surface area contributed by atoms with Crippen molar-refractivity contribution in [3.05, 3.63) is 70.7 Å². The van der Waals surface area contributed by atoms with E-state index >= 15 is 0 Å². The van der Waals surface area contributed by atoms with Crippen LogP contribution in [-0.4, -0.2) is 112 Å². The van der Waals surface area contributed by atoms with Gasteiger partial charge in [0.25, 0.3) is 11.7 Å². The van der Waals surface area contributed by atoms with Crippen molar-refractivity contribution in [1.29, 1.82) is 0 Å². The average Bonchev–Trinajstić information content (AvgIpc) is 4.06. The fourth-order valence-electron chi connectivity index (χ4n) is 9.10. The highest BCUT2D eigenvalue weighted by Gasteiger charge is 2.40. The molecule has 21 heteroatoms. The van der Waals surface area contributed by atoms with Crippen LogP contribution in [-0.2, 0) is 30.9 Å². The van der Waals surface area contributed by atoms with Gasteiger partial charge in [-0.15, -0.1) is 4.68 Å². The number of carbonyl (C=O) groups is 4. The highest BCUT2D eigenvalue weighted by molar-refractivity contribution is 6.06. The zero-order chi connectivity index (χ0) is 44.2. The Balaban J connectivity index is 1.18. The first-order valence-corrected chi connectivity index (χ1v) is 21.2. The van der Waals surface area contributed by atoms with Gasteiger partial charge in [-0.3, -0.25) is 44.0 Å². The molecule has 1 aromatic carbocycles. The Morgan fingerprint density at radius 2 is 1.56 bits per heavy atom. The average molecular weight is 861 g/mol. The first kappa shape index (κ1) is 41.4. The monoisotopic (exact) mass is 860 g/mol. The topological polar surface area (TPSA) is 254 Å². The zero-order valence-electron chi connectivity index (χ0n) is 35.7. The molecule has 5 aromatic heterocycles. The van der Waals surface area contributed by atoms with Crippen LogP contribution in [0.15, 0.2) is 36.5 Å². The normalized spacial score (nSPS) is 17.3. The molecule has 0 saturated carbocycles. The van der Waals surface area contributed by atoms with Crippen LogP contribution in [0.3, 0.4) is 0 Å². The molecule has 2 fully saturated rings. The minimum Gasteiger partial charge on any atom is -0.490 e. The van der Waals surface area contributed by atoms with Crippen LogP contribution in [0.1, 0.15) is 86.5 Å². The molecule has 63 heavy (non-hydrogen) atoms. The van der Waals surface area contributed by atoms with Crippen LogP contribution in [0.25, 0.3) is 27.9 Å². The maximum atomic E-state index is 14.8. The third-order valence-corrected chi connectivity index (χ3v) is 12.3. The molecule has 4 amide bonds. The lowest BCUT2D eigenvalue weighted by Gasteiger charge is -2.33. The molecule has 21 nitrogen and oxygen atoms in total. The summed E-state index contributed by atoms with van der Waals surface area (Å²) in [5, 5.41) is 15.4. The Morgan fingerprint density at radius 3 is 2.29 bits per heavy atom. The van der Waals surface area contributed by atoms with E-state index in [4.69, 9.17) is 36.0 Å². The van der Waals surface area contributed by atoms with Crippen LogP contribution >= 0.6 is 0 Å². The largest absolute Gasteiger partial charge is 0.490 e. The highest BCUT2D eigenvalue weighted by Crippen LogP contribution is 2.40. The molecule has 0 bridgehead atoms. The number of primary amides is 2. The standard InChI is InChI=1S/C42H49N15O6/c1-5-55-33-31(24(3)50-55)57-25(4)51-56(6-2)39(57)38(61)49-41-47-29-20-27(35(44)59)22-45-36(29)54(41)13-8-7-12-53-32-28(46-40(53)48-37(33)60)19-26(34(43)58)21-30(32)63-18-15-52-14-9-42(23-52)10-16-62-17-11-42/h7-8,19-22H,5-6,9-18,23H2,1-4H3,(H5-,43,44,46,47,48,49,58,59,60,61)/p+1/b8-7+. The third-order valence-electron chi connectivity index (χ3n) is 12.3. The van der Waals surface area contributed by atoms with Crippen molar-refractivity contribution in [1.82, 2.24) is 48.5 Å². The number of aryl methyl sites for hydroxylation is 4. The number of carbonyl (C=O) groups excluding carboxylic acids is 4. The van der Waals surface area contributed by atoms with E-state index < -0.39 is 23.6 Å². The number of aromatic nitrogens is 10. The summed E-state index contributed by atoms with van der Waals surface area (Å²) in [4.78, 5) is 70.6. The lowest BCUT2D eigenvalue weighted by atomic mass is 9.80. The Kier molecular flexibility index (Phi) is 10.7. The van der Waals surface area contributed by atoms with Gasteiger partial charge in [0.05, 0.1) is 16.8 Å². The van der Waals surface area contributed by atoms with Crippen LogP contribution in [0.4, 0.5) is 11.9 Å². The van der Waals surface area contributed by atoms with Crippen molar-refractivity contribution in [2.24, 2.45) is 16.9 Å². The van der Waals surface area contributed by atoms with Crippen molar-refractivity contribution in [3.63, 3.8) is 0 Å². The van der Waals surface area contributed by atoms with Gasteiger partial charge in [-0.1, -0.05) is 12.2 Å². The van der Waals surface area contributed by atoms with Gasteiger partial charge in [-0.2, -0.15) is 9.67 Å². The molecule has 0 radical (unpaired) electrons. The number of nitrogens with one attached hydrogen (secondary N) is 2. The van der Waals surface area contributed by atoms with Gasteiger partial charge in [0.2, 0.25) is 23.7 Å². The number of rotatable bonds is 8. The molecular weight excluding hydrogens is 811 g/mol. The number of anilines is 2. The Hall–Kier alpha value is -7.00. The minimum atomic E-state index is -0.672. The summed E-state index contributed by atoms with van der Waals surface area (Å²) < 4.78 is 20.4. The third kappa shape index (κ3) is 7.45. The maximum Gasteiger partial charge on any atom is 0.331 e. The number of imidazole rings is 2. The molecule has 2 saturated heterocycles. The number of nitrogens with two attached hydrogens (primary N) is 2. The Morgan fingerprint density at radius 1 is 0.873 bits per heavy atom. The molecule has 1 spiro atoms. The predicted octanol–water partition coefficient (Wildman–Crippen LogP) is 2.26. The quantitative estimate of drug-likeness (QED) is 0.127. The van der Waals surface area contributed by atoms with Crippen molar-refractivity contribution >= 4 is 57.7 Å². The van der Waals surface area contributed by atoms with Crippen molar-refractivity contribution in [3.8, 4) is 11.4 Å². The smallest absolute Gasteiger partial charge is 0.331 e. The van der Waals surface area contributed by atoms with Crippen molar-refractivity contribution in [2.75, 3.05) is 50.1 Å². The van der Waals surface area contributed by atoms with E-state index in [2.05, 4.69) is 25.6 Å². The second-order valence-corrected chi connectivity index (χ2v) is 16.2. The van der Waals surface area contributed by atoms with Crippen molar-refractivity contribution < 1.29 is 33.2 Å². The lowest BCUT2D eigenvalue weighted by Crippen LogP contribution is -2.44. The fourth-order valence-corrected chi connectivity index (χ4v) is 9.10. The van der Waals surface area contributed by atoms with Gasteiger partial charge in [0.15, 0.2) is 17.0 Å². The molecule has 0 unspecified atom stereocenters. The van der Waals surface area contributed by atoms with Crippen LogP contribution in [0.2, 0.25) is 0 Å². The second kappa shape index (κ2) is 16.4. The summed E-state index contributed by atoms with van der Waals surface area (Å²) in [6, 6.07) is 4.73. The molecule has 6 aromatic rings. The maximum absolute atomic E-state index is 14.8. The number of benzene rings is 1. The first-order chi connectivity index (χ1) is 30.4. The van der Waals surface area contributed by atoms with Gasteiger partial charge in [0, 0.05) is 69.7 Å². The first-order valence-electron chi connectivity index (χ1n) is 21.2. The van der Waals surface area contributed by atoms with E-state index in [-0.39, 0.29) is 53.0 Å². The summed E-state index contributed by atoms with van der Waals surface area (Å²) in [5.41, 5.74) is 14.7. The number of hydrogen-bond acceptors (Lipinski definition) is 12. The van der Waals surface area contributed by atoms with Crippen LogP contribution < -0.4 is 31.4 Å². The predicted molar refractivity (Wildman–Crippen MR) is 229 cm³/mol. The second-order valence-electron chi connectivity index (χ2n) is 16.2. The van der Waals surface area contributed by atoms with Crippen molar-refractivity contribution in [2.45, 2.75) is 73.1 Å². The van der Waals surface area contributed by atoms with E-state index in [0.29, 0.717) is 71.4 Å². The number of fused-ring (bicyclic) bond motifs is 9. The number of pyridine rings is 1. The van der Waals surface area contributed by atoms with E-state index in [0.717, 1.165) is 45.6 Å². The molecule has 3 aliphatic heterocycles. The molecule has 0 atom stereocenters. The molecule has 8 heterocycles. The van der Waals surface area contributed by atoms with Crippen LogP contribution in [0.5, 0.6) is 5.75 Å². The fraction of sp³-hybridized carbons (Fsp3) is 0.429. The SMILES string of the molecule is CCn1nc(C)c2c1C(=O)Nc1nc3cc(C(N)=O)cc(OCCN4CCC5(CCOCC5)C4)c3n1C/C=C/Cn1c(nc3cc(C(N)=O)cnc31)NC(=O)c1n(CC)nc(C)[n+]1-2. The van der Waals surface area contributed by atoms with E-state index in [9.17, 15) is 19.2 Å². The van der Waals surface area contributed by atoms with E-state index in [1.165, 1.54) is 12.3 Å². The molecular formula is C42H50N15O6+. The van der Waals surface area contributed by atoms with E-state index in [1.54, 1.807) is 44.5 Å². The number of amides is 4. The Labute approximate surface area is 361 Å². The number of likely N-dealkylation sites (tertiary alicyclic amines) is 1. The van der Waals surface area contributed by atoms with Gasteiger partial charge in [-0.05, 0) is 70.2 Å². The van der Waals surface area contributed by atoms with Gasteiger partial charge in [-0.25, -0.2) is 15.0 Å². The lowest BCUT2D eigenvalue weighted by molar-refractivity contribution is -0.606. The molecule has 0 aliphatic carbocycles. The van der Waals surface area contributed by atoms with Gasteiger partial charge < -0.3 is 25.5 Å². The van der Waals surface area contributed by atoms with E-state index in [1.807, 2.05) is 30.6 Å². The number of hydrogen-bond donors (Lipinski definition) is 4. The summed E-state index contributed by atoms with van der Waals surface area (Å²) in [7, 11) is 0. The Bertz CT molecular complexity index is 2860. The number of nitrogens with zero attached hydrogens (tertiary/aromatic N) is 11. The molecule has 9 rings (SSSR count). The minimum absolute atomic E-state index is 0.111. The molecule has 6 N–H and O–H groups in total. The number of allylic oxidation sites excluding steroid dienone is 2. The molecule has 3 aliphatic rings. The molecule has 328 valence electrons. The highest BCUT2D eigenvalue weighted by atomic mass is 16.5. The van der Waals surface area contributed by atoms with Gasteiger partial charge in [0.1, 0.15) is 29.9 Å². The summed E-state index contributed by atoms with van der Waals surface area (Å²) in [6.45, 7) is 12.7. The zero-order valence-corrected chi connectivity index (χ0v) is 35.7.